The maximum atomic E-state index is 12.5. The predicted molar refractivity (Wildman–Crippen MR) is 113 cm³/mol. The second kappa shape index (κ2) is 7.75. The van der Waals surface area contributed by atoms with Gasteiger partial charge in [0.1, 0.15) is 5.69 Å². The van der Waals surface area contributed by atoms with Crippen molar-refractivity contribution in [2.75, 3.05) is 11.4 Å². The van der Waals surface area contributed by atoms with Crippen molar-refractivity contribution in [1.29, 1.82) is 0 Å². The van der Waals surface area contributed by atoms with Gasteiger partial charge in [-0.15, -0.1) is 0 Å². The number of nitro groups is 1. The van der Waals surface area contributed by atoms with E-state index in [1.54, 1.807) is 12.1 Å². The molecule has 6 heteroatoms. The van der Waals surface area contributed by atoms with Crippen molar-refractivity contribution < 1.29 is 9.72 Å². The Morgan fingerprint density at radius 1 is 1.07 bits per heavy atom. The molecular formula is C23H21N3O3. The summed E-state index contributed by atoms with van der Waals surface area (Å²) in [6, 6.07) is 20.4. The number of hydrogen-bond acceptors (Lipinski definition) is 4. The summed E-state index contributed by atoms with van der Waals surface area (Å²) in [5, 5.41) is 14.6. The third kappa shape index (κ3) is 3.82. The summed E-state index contributed by atoms with van der Waals surface area (Å²) in [4.78, 5) is 25.8. The van der Waals surface area contributed by atoms with Gasteiger partial charge in [0.2, 0.25) is 0 Å². The highest BCUT2D eigenvalue weighted by Gasteiger charge is 2.27. The standard InChI is InChI=1S/C23H21N3O3/c1-16-6-8-17(9-7-16)15-24-23(27)19-10-11-21(22(14-19)26(28)29)25-13-12-18-4-2-3-5-20(18)25/h2-11,14H,12-13,15H2,1H3,(H,24,27). The summed E-state index contributed by atoms with van der Waals surface area (Å²) in [5.74, 6) is -0.331. The summed E-state index contributed by atoms with van der Waals surface area (Å²) < 4.78 is 0. The molecule has 146 valence electrons. The van der Waals surface area contributed by atoms with Gasteiger partial charge in [0.05, 0.1) is 4.92 Å². The molecule has 0 atom stereocenters. The first kappa shape index (κ1) is 18.7. The normalized spacial score (nSPS) is 12.5. The Morgan fingerprint density at radius 2 is 1.83 bits per heavy atom. The fourth-order valence-corrected chi connectivity index (χ4v) is 3.62. The maximum absolute atomic E-state index is 12.5. The van der Waals surface area contributed by atoms with Crippen molar-refractivity contribution in [3.8, 4) is 0 Å². The Labute approximate surface area is 168 Å². The molecule has 0 aliphatic carbocycles. The summed E-state index contributed by atoms with van der Waals surface area (Å²) in [6.45, 7) is 3.05. The first-order chi connectivity index (χ1) is 14.0. The Morgan fingerprint density at radius 3 is 2.59 bits per heavy atom. The van der Waals surface area contributed by atoms with E-state index < -0.39 is 4.92 Å². The van der Waals surface area contributed by atoms with Crippen molar-refractivity contribution >= 4 is 23.0 Å². The number of nitrogens with zero attached hydrogens (tertiary/aromatic N) is 2. The van der Waals surface area contributed by atoms with Crippen molar-refractivity contribution in [3.63, 3.8) is 0 Å². The number of rotatable bonds is 5. The average molecular weight is 387 g/mol. The number of aryl methyl sites for hydroxylation is 1. The van der Waals surface area contributed by atoms with E-state index >= 15 is 0 Å². The molecule has 29 heavy (non-hydrogen) atoms. The van der Waals surface area contributed by atoms with E-state index in [0.29, 0.717) is 18.8 Å². The summed E-state index contributed by atoms with van der Waals surface area (Å²) in [7, 11) is 0. The molecule has 0 saturated heterocycles. The van der Waals surface area contributed by atoms with E-state index in [-0.39, 0.29) is 17.2 Å². The molecule has 0 radical (unpaired) electrons. The SMILES string of the molecule is Cc1ccc(CNC(=O)c2ccc(N3CCc4ccccc43)c([N+](=O)[O-])c2)cc1. The molecule has 0 saturated carbocycles. The van der Waals surface area contributed by atoms with E-state index in [4.69, 9.17) is 0 Å². The molecule has 1 amide bonds. The third-order valence-corrected chi connectivity index (χ3v) is 5.19. The number of fused-ring (bicyclic) bond motifs is 1. The average Bonchev–Trinajstić information content (AvgIpc) is 3.16. The fraction of sp³-hybridized carbons (Fsp3) is 0.174. The van der Waals surface area contributed by atoms with Crippen LogP contribution in [0.15, 0.2) is 66.7 Å². The van der Waals surface area contributed by atoms with E-state index in [2.05, 4.69) is 5.32 Å². The van der Waals surface area contributed by atoms with E-state index in [1.165, 1.54) is 11.6 Å². The Kier molecular flexibility index (Phi) is 4.99. The molecule has 1 heterocycles. The summed E-state index contributed by atoms with van der Waals surface area (Å²) in [6.07, 6.45) is 0.839. The quantitative estimate of drug-likeness (QED) is 0.516. The number of nitrogens with one attached hydrogen (secondary N) is 1. The van der Waals surface area contributed by atoms with Crippen LogP contribution in [-0.2, 0) is 13.0 Å². The van der Waals surface area contributed by atoms with Gasteiger partial charge in [-0.05, 0) is 42.7 Å². The highest BCUT2D eigenvalue weighted by atomic mass is 16.6. The Bertz CT molecular complexity index is 1080. The second-order valence-corrected chi connectivity index (χ2v) is 7.16. The minimum Gasteiger partial charge on any atom is -0.348 e. The largest absolute Gasteiger partial charge is 0.348 e. The van der Waals surface area contributed by atoms with Crippen LogP contribution in [0.5, 0.6) is 0 Å². The van der Waals surface area contributed by atoms with Crippen LogP contribution in [0.2, 0.25) is 0 Å². The van der Waals surface area contributed by atoms with Gasteiger partial charge < -0.3 is 10.2 Å². The number of amides is 1. The van der Waals surface area contributed by atoms with E-state index in [9.17, 15) is 14.9 Å². The van der Waals surface area contributed by atoms with Crippen molar-refractivity contribution in [3.05, 3.63) is 99.1 Å². The Balaban J connectivity index is 1.57. The number of benzene rings is 3. The zero-order valence-electron chi connectivity index (χ0n) is 16.1. The highest BCUT2D eigenvalue weighted by molar-refractivity contribution is 5.96. The van der Waals surface area contributed by atoms with Gasteiger partial charge in [0, 0.05) is 30.4 Å². The molecule has 0 unspecified atom stereocenters. The van der Waals surface area contributed by atoms with Gasteiger partial charge in [-0.3, -0.25) is 14.9 Å². The van der Waals surface area contributed by atoms with Crippen LogP contribution in [-0.4, -0.2) is 17.4 Å². The zero-order valence-corrected chi connectivity index (χ0v) is 16.1. The summed E-state index contributed by atoms with van der Waals surface area (Å²) >= 11 is 0. The van der Waals surface area contributed by atoms with E-state index in [0.717, 1.165) is 23.2 Å². The minimum atomic E-state index is -0.424. The molecular weight excluding hydrogens is 366 g/mol. The molecule has 3 aromatic rings. The molecule has 0 spiro atoms. The monoisotopic (exact) mass is 387 g/mol. The van der Waals surface area contributed by atoms with Gasteiger partial charge in [-0.2, -0.15) is 0 Å². The van der Waals surface area contributed by atoms with Crippen LogP contribution >= 0.6 is 0 Å². The summed E-state index contributed by atoms with van der Waals surface area (Å²) in [5.41, 5.74) is 4.99. The molecule has 3 aromatic carbocycles. The van der Waals surface area contributed by atoms with Gasteiger partial charge in [-0.25, -0.2) is 0 Å². The van der Waals surface area contributed by atoms with Crippen LogP contribution in [0.4, 0.5) is 17.1 Å². The number of hydrogen-bond donors (Lipinski definition) is 1. The lowest BCUT2D eigenvalue weighted by Crippen LogP contribution is -2.23. The van der Waals surface area contributed by atoms with Crippen LogP contribution in [0.3, 0.4) is 0 Å². The minimum absolute atomic E-state index is 0.0651. The van der Waals surface area contributed by atoms with Crippen molar-refractivity contribution in [2.45, 2.75) is 19.9 Å². The molecule has 0 bridgehead atoms. The fourth-order valence-electron chi connectivity index (χ4n) is 3.62. The number of anilines is 2. The van der Waals surface area contributed by atoms with Gasteiger partial charge in [-0.1, -0.05) is 48.0 Å². The second-order valence-electron chi connectivity index (χ2n) is 7.16. The topological polar surface area (TPSA) is 75.5 Å². The maximum Gasteiger partial charge on any atom is 0.293 e. The van der Waals surface area contributed by atoms with Gasteiger partial charge >= 0.3 is 0 Å². The molecule has 6 nitrogen and oxygen atoms in total. The molecule has 0 fully saturated rings. The number of carbonyl (C=O) groups is 1. The molecule has 4 rings (SSSR count). The lowest BCUT2D eigenvalue weighted by atomic mass is 10.1. The van der Waals surface area contributed by atoms with Crippen LogP contribution in [0.1, 0.15) is 27.0 Å². The zero-order chi connectivity index (χ0) is 20.4. The molecule has 1 aliphatic heterocycles. The first-order valence-electron chi connectivity index (χ1n) is 9.50. The lowest BCUT2D eigenvalue weighted by molar-refractivity contribution is -0.384. The third-order valence-electron chi connectivity index (χ3n) is 5.19. The number of nitro benzene ring substituents is 1. The number of carbonyl (C=O) groups excluding carboxylic acids is 1. The molecule has 0 aromatic heterocycles. The van der Waals surface area contributed by atoms with Crippen LogP contribution < -0.4 is 10.2 Å². The molecule has 1 N–H and O–H groups in total. The number of para-hydroxylation sites is 1. The predicted octanol–water partition coefficient (Wildman–Crippen LogP) is 4.53. The van der Waals surface area contributed by atoms with Gasteiger partial charge in [0.25, 0.3) is 11.6 Å². The molecule has 1 aliphatic rings. The Hall–Kier alpha value is -3.67. The van der Waals surface area contributed by atoms with E-state index in [1.807, 2.05) is 60.4 Å². The smallest absolute Gasteiger partial charge is 0.293 e. The van der Waals surface area contributed by atoms with Crippen molar-refractivity contribution in [1.82, 2.24) is 5.32 Å². The van der Waals surface area contributed by atoms with Gasteiger partial charge in [0.15, 0.2) is 0 Å². The highest BCUT2D eigenvalue weighted by Crippen LogP contribution is 2.39. The van der Waals surface area contributed by atoms with Crippen LogP contribution in [0.25, 0.3) is 0 Å². The van der Waals surface area contributed by atoms with Crippen LogP contribution in [0, 0.1) is 17.0 Å². The van der Waals surface area contributed by atoms with Crippen molar-refractivity contribution in [2.24, 2.45) is 0 Å². The lowest BCUT2D eigenvalue weighted by Gasteiger charge is -2.19. The first-order valence-corrected chi connectivity index (χ1v) is 9.50.